The third-order valence-electron chi connectivity index (χ3n) is 5.39. The number of fused-ring (bicyclic) bond motifs is 1. The van der Waals surface area contributed by atoms with Crippen LogP contribution in [-0.4, -0.2) is 43.5 Å². The summed E-state index contributed by atoms with van der Waals surface area (Å²) in [5, 5.41) is 4.75. The molecule has 0 aromatic carbocycles. The Hall–Kier alpha value is -3.06. The van der Waals surface area contributed by atoms with Gasteiger partial charge in [0.05, 0.1) is 4.88 Å². The molecule has 5 rings (SSSR count). The van der Waals surface area contributed by atoms with Crippen molar-refractivity contribution < 1.29 is 4.79 Å². The van der Waals surface area contributed by atoms with Crippen molar-refractivity contribution in [2.45, 2.75) is 25.7 Å². The molecular formula is C22H21N5OS. The summed E-state index contributed by atoms with van der Waals surface area (Å²) in [5.74, 6) is 1.10. The fourth-order valence-corrected chi connectivity index (χ4v) is 4.70. The van der Waals surface area contributed by atoms with E-state index in [0.29, 0.717) is 6.54 Å². The largest absolute Gasteiger partial charge is 0.337 e. The lowest BCUT2D eigenvalue weighted by Crippen LogP contribution is -2.39. The van der Waals surface area contributed by atoms with E-state index in [1.54, 1.807) is 23.7 Å². The van der Waals surface area contributed by atoms with Crippen molar-refractivity contribution in [1.29, 1.82) is 0 Å². The van der Waals surface area contributed by atoms with Gasteiger partial charge >= 0.3 is 0 Å². The number of carbonyl (C=O) groups is 1. The van der Waals surface area contributed by atoms with E-state index < -0.39 is 0 Å². The minimum absolute atomic E-state index is 0.122. The molecule has 1 saturated heterocycles. The number of aromatic nitrogens is 4. The quantitative estimate of drug-likeness (QED) is 0.515. The van der Waals surface area contributed by atoms with E-state index in [2.05, 4.69) is 11.1 Å². The number of thiophene rings is 1. The molecule has 4 aromatic rings. The van der Waals surface area contributed by atoms with Gasteiger partial charge in [-0.05, 0) is 61.7 Å². The maximum absolute atomic E-state index is 12.8. The first kappa shape index (κ1) is 18.0. The van der Waals surface area contributed by atoms with Gasteiger partial charge in [-0.2, -0.15) is 5.10 Å². The van der Waals surface area contributed by atoms with Gasteiger partial charge in [0.15, 0.2) is 11.5 Å². The van der Waals surface area contributed by atoms with Gasteiger partial charge in [0.2, 0.25) is 0 Å². The van der Waals surface area contributed by atoms with Gasteiger partial charge in [-0.1, -0.05) is 0 Å². The number of hydrogen-bond acceptors (Lipinski definition) is 5. The number of pyridine rings is 2. The lowest BCUT2D eigenvalue weighted by atomic mass is 9.97. The second kappa shape index (κ2) is 7.40. The number of carbonyl (C=O) groups excluding carboxylic acids is 1. The molecule has 29 heavy (non-hydrogen) atoms. The number of amides is 1. The molecule has 0 spiro atoms. The second-order valence-corrected chi connectivity index (χ2v) is 8.71. The summed E-state index contributed by atoms with van der Waals surface area (Å²) < 4.78 is 1.84. The van der Waals surface area contributed by atoms with E-state index in [-0.39, 0.29) is 11.8 Å². The molecule has 4 aromatic heterocycles. The number of likely N-dealkylation sites (tertiary alicyclic amines) is 1. The number of rotatable bonds is 3. The average molecular weight is 404 g/mol. The Morgan fingerprint density at radius 3 is 2.76 bits per heavy atom. The highest BCUT2D eigenvalue weighted by molar-refractivity contribution is 7.13. The molecule has 6 nitrogen and oxygen atoms in total. The standard InChI is InChI=1S/C22H21N5OS/c1-15-4-6-19(29-15)22(28)26-12-2-3-18(13-26)21-24-20-7-5-17(14-27(20)25-21)16-8-10-23-11-9-16/h4-11,14,18H,2-3,12-13H2,1H3/t18-/m0/s1. The van der Waals surface area contributed by atoms with E-state index in [1.807, 2.05) is 52.9 Å². The summed E-state index contributed by atoms with van der Waals surface area (Å²) in [4.78, 5) is 25.6. The number of nitrogens with zero attached hydrogens (tertiary/aromatic N) is 5. The van der Waals surface area contributed by atoms with Crippen LogP contribution in [0, 0.1) is 6.92 Å². The van der Waals surface area contributed by atoms with Crippen LogP contribution in [0.25, 0.3) is 16.8 Å². The van der Waals surface area contributed by atoms with E-state index in [0.717, 1.165) is 51.7 Å². The predicted octanol–water partition coefficient (Wildman–Crippen LogP) is 4.18. The van der Waals surface area contributed by atoms with Crippen LogP contribution in [0.5, 0.6) is 0 Å². The Bertz CT molecular complexity index is 1170. The number of aryl methyl sites for hydroxylation is 1. The Morgan fingerprint density at radius 1 is 1.10 bits per heavy atom. The molecule has 7 heteroatoms. The fraction of sp³-hybridized carbons (Fsp3) is 0.273. The normalized spacial score (nSPS) is 17.0. The first-order valence-electron chi connectivity index (χ1n) is 9.80. The van der Waals surface area contributed by atoms with Gasteiger partial charge < -0.3 is 4.90 Å². The minimum Gasteiger partial charge on any atom is -0.337 e. The maximum Gasteiger partial charge on any atom is 0.263 e. The summed E-state index contributed by atoms with van der Waals surface area (Å²) in [7, 11) is 0. The Morgan fingerprint density at radius 2 is 1.97 bits per heavy atom. The molecule has 0 aliphatic carbocycles. The summed E-state index contributed by atoms with van der Waals surface area (Å²) in [5.41, 5.74) is 3.00. The van der Waals surface area contributed by atoms with Crippen LogP contribution < -0.4 is 0 Å². The van der Waals surface area contributed by atoms with Crippen molar-refractivity contribution in [3.05, 3.63) is 70.6 Å². The lowest BCUT2D eigenvalue weighted by molar-refractivity contribution is 0.0709. The Balaban J connectivity index is 1.39. The monoisotopic (exact) mass is 403 g/mol. The topological polar surface area (TPSA) is 63.4 Å². The van der Waals surface area contributed by atoms with Crippen LogP contribution in [0.3, 0.4) is 0 Å². The van der Waals surface area contributed by atoms with Gasteiger partial charge in [-0.15, -0.1) is 11.3 Å². The highest BCUT2D eigenvalue weighted by atomic mass is 32.1. The summed E-state index contributed by atoms with van der Waals surface area (Å²) in [6.07, 6.45) is 7.55. The highest BCUT2D eigenvalue weighted by Crippen LogP contribution is 2.28. The van der Waals surface area contributed by atoms with Gasteiger partial charge in [0.25, 0.3) is 5.91 Å². The average Bonchev–Trinajstić information content (AvgIpc) is 3.39. The van der Waals surface area contributed by atoms with E-state index in [4.69, 9.17) is 10.1 Å². The third kappa shape index (κ3) is 3.53. The third-order valence-corrected chi connectivity index (χ3v) is 6.37. The molecule has 0 unspecified atom stereocenters. The molecule has 1 fully saturated rings. The highest BCUT2D eigenvalue weighted by Gasteiger charge is 2.28. The molecule has 1 aliphatic heterocycles. The van der Waals surface area contributed by atoms with E-state index >= 15 is 0 Å². The molecule has 146 valence electrons. The zero-order valence-electron chi connectivity index (χ0n) is 16.2. The molecule has 1 atom stereocenters. The van der Waals surface area contributed by atoms with Crippen molar-refractivity contribution in [3.63, 3.8) is 0 Å². The van der Waals surface area contributed by atoms with Crippen LogP contribution in [0.2, 0.25) is 0 Å². The van der Waals surface area contributed by atoms with Crippen molar-refractivity contribution in [3.8, 4) is 11.1 Å². The summed E-state index contributed by atoms with van der Waals surface area (Å²) in [6.45, 7) is 3.50. The zero-order chi connectivity index (χ0) is 19.8. The number of piperidine rings is 1. The number of hydrogen-bond donors (Lipinski definition) is 0. The Kier molecular flexibility index (Phi) is 4.60. The van der Waals surface area contributed by atoms with Gasteiger partial charge in [0.1, 0.15) is 0 Å². The van der Waals surface area contributed by atoms with Crippen LogP contribution in [-0.2, 0) is 0 Å². The zero-order valence-corrected chi connectivity index (χ0v) is 17.0. The first-order valence-corrected chi connectivity index (χ1v) is 10.6. The van der Waals surface area contributed by atoms with Gasteiger partial charge in [-0.3, -0.25) is 9.78 Å². The van der Waals surface area contributed by atoms with Crippen molar-refractivity contribution in [2.24, 2.45) is 0 Å². The van der Waals surface area contributed by atoms with Crippen LogP contribution >= 0.6 is 11.3 Å². The van der Waals surface area contributed by atoms with Crippen LogP contribution in [0.1, 0.15) is 39.1 Å². The van der Waals surface area contributed by atoms with Crippen LogP contribution in [0.15, 0.2) is 55.0 Å². The lowest BCUT2D eigenvalue weighted by Gasteiger charge is -2.31. The van der Waals surface area contributed by atoms with Crippen LogP contribution in [0.4, 0.5) is 0 Å². The molecule has 1 aliphatic rings. The van der Waals surface area contributed by atoms with E-state index in [9.17, 15) is 4.79 Å². The Labute approximate surface area is 172 Å². The predicted molar refractivity (Wildman–Crippen MR) is 113 cm³/mol. The second-order valence-electron chi connectivity index (χ2n) is 7.43. The van der Waals surface area contributed by atoms with E-state index in [1.165, 1.54) is 0 Å². The maximum atomic E-state index is 12.8. The minimum atomic E-state index is 0.122. The summed E-state index contributed by atoms with van der Waals surface area (Å²) >= 11 is 1.56. The van der Waals surface area contributed by atoms with Gasteiger partial charge in [-0.25, -0.2) is 9.50 Å². The SMILES string of the molecule is Cc1ccc(C(=O)N2CCC[C@H](c3nc4ccc(-c5ccncc5)cn4n3)C2)s1. The first-order chi connectivity index (χ1) is 14.2. The molecule has 0 saturated carbocycles. The molecule has 5 heterocycles. The molecule has 0 radical (unpaired) electrons. The van der Waals surface area contributed by atoms with Crippen molar-refractivity contribution in [1.82, 2.24) is 24.5 Å². The fourth-order valence-electron chi connectivity index (χ4n) is 3.87. The smallest absolute Gasteiger partial charge is 0.263 e. The molecule has 0 N–H and O–H groups in total. The molecule has 0 bridgehead atoms. The molecule has 1 amide bonds. The van der Waals surface area contributed by atoms with Crippen molar-refractivity contribution in [2.75, 3.05) is 13.1 Å². The van der Waals surface area contributed by atoms with Gasteiger partial charge in [0, 0.05) is 48.0 Å². The van der Waals surface area contributed by atoms with Crippen molar-refractivity contribution >= 4 is 22.9 Å². The summed E-state index contributed by atoms with van der Waals surface area (Å²) in [6, 6.07) is 11.9. The molecular weight excluding hydrogens is 382 g/mol.